The third-order valence-electron chi connectivity index (χ3n) is 2.99. The Hall–Kier alpha value is -3.48. The SMILES string of the molecule is NC(=O)CN1C(=O)S/C(=C\c2cc([N+](=O)[O-])cc([N+](=O)[O-])c2O)C1=O. The number of nitro benzene ring substituents is 2. The van der Waals surface area contributed by atoms with Gasteiger partial charge in [-0.05, 0) is 17.8 Å². The topological polar surface area (TPSA) is 187 Å². The van der Waals surface area contributed by atoms with Crippen molar-refractivity contribution in [2.45, 2.75) is 0 Å². The number of nitro groups is 2. The first-order valence-corrected chi connectivity index (χ1v) is 7.13. The van der Waals surface area contributed by atoms with Gasteiger partial charge in [0.2, 0.25) is 11.7 Å². The van der Waals surface area contributed by atoms with Gasteiger partial charge in [0.15, 0.2) is 0 Å². The number of hydrogen-bond acceptors (Lipinski definition) is 9. The first-order valence-electron chi connectivity index (χ1n) is 6.31. The Labute approximate surface area is 142 Å². The average Bonchev–Trinajstić information content (AvgIpc) is 2.76. The van der Waals surface area contributed by atoms with E-state index >= 15 is 0 Å². The number of hydrogen-bond donors (Lipinski definition) is 2. The Kier molecular flexibility index (Phi) is 4.69. The quantitative estimate of drug-likeness (QED) is 0.429. The molecule has 12 nitrogen and oxygen atoms in total. The fraction of sp³-hybridized carbons (Fsp3) is 0.0833. The second kappa shape index (κ2) is 6.56. The molecule has 0 bridgehead atoms. The van der Waals surface area contributed by atoms with Crippen LogP contribution in [0, 0.1) is 20.2 Å². The Morgan fingerprint density at radius 2 is 1.92 bits per heavy atom. The molecule has 0 aromatic heterocycles. The highest BCUT2D eigenvalue weighted by Gasteiger charge is 2.36. The fourth-order valence-electron chi connectivity index (χ4n) is 1.91. The summed E-state index contributed by atoms with van der Waals surface area (Å²) in [4.78, 5) is 54.7. The minimum Gasteiger partial charge on any atom is -0.502 e. The lowest BCUT2D eigenvalue weighted by Gasteiger charge is -2.08. The summed E-state index contributed by atoms with van der Waals surface area (Å²) in [6.07, 6.45) is 0.890. The molecule has 0 radical (unpaired) electrons. The molecule has 3 N–H and O–H groups in total. The molecule has 1 saturated heterocycles. The molecule has 3 amide bonds. The Bertz CT molecular complexity index is 865. The molecule has 0 unspecified atom stereocenters. The maximum atomic E-state index is 12.1. The van der Waals surface area contributed by atoms with E-state index in [2.05, 4.69) is 0 Å². The number of primary amides is 1. The van der Waals surface area contributed by atoms with E-state index in [4.69, 9.17) is 5.73 Å². The molecule has 1 aromatic rings. The number of amides is 3. The fourth-order valence-corrected chi connectivity index (χ4v) is 2.74. The van der Waals surface area contributed by atoms with Gasteiger partial charge in [0.05, 0.1) is 20.8 Å². The third-order valence-corrected chi connectivity index (χ3v) is 3.89. The number of imide groups is 1. The summed E-state index contributed by atoms with van der Waals surface area (Å²) in [7, 11) is 0. The van der Waals surface area contributed by atoms with E-state index in [0.717, 1.165) is 12.1 Å². The van der Waals surface area contributed by atoms with E-state index in [1.54, 1.807) is 0 Å². The molecule has 1 aliphatic rings. The molecule has 0 saturated carbocycles. The number of non-ortho nitro benzene ring substituents is 1. The molecule has 25 heavy (non-hydrogen) atoms. The van der Waals surface area contributed by atoms with Gasteiger partial charge in [-0.1, -0.05) is 0 Å². The van der Waals surface area contributed by atoms with Crippen molar-refractivity contribution < 1.29 is 29.3 Å². The van der Waals surface area contributed by atoms with Crippen LogP contribution in [0.3, 0.4) is 0 Å². The highest BCUT2D eigenvalue weighted by Crippen LogP contribution is 2.38. The van der Waals surface area contributed by atoms with Gasteiger partial charge in [-0.15, -0.1) is 0 Å². The second-order valence-electron chi connectivity index (χ2n) is 4.65. The summed E-state index contributed by atoms with van der Waals surface area (Å²) < 4.78 is 0. The van der Waals surface area contributed by atoms with Crippen LogP contribution < -0.4 is 5.73 Å². The molecule has 2 rings (SSSR count). The standard InChI is InChI=1S/C12H8N4O8S/c13-9(17)4-14-11(19)8(25-12(14)20)2-5-1-6(15(21)22)3-7(10(5)18)16(23)24/h1-3,18H,4H2,(H2,13,17)/b8-2-. The van der Waals surface area contributed by atoms with Crippen LogP contribution in [0.1, 0.15) is 5.56 Å². The zero-order chi connectivity index (χ0) is 18.9. The molecule has 0 aliphatic carbocycles. The van der Waals surface area contributed by atoms with Crippen LogP contribution in [0.2, 0.25) is 0 Å². The van der Waals surface area contributed by atoms with Gasteiger partial charge in [0.25, 0.3) is 16.8 Å². The van der Waals surface area contributed by atoms with Crippen molar-refractivity contribution in [1.29, 1.82) is 0 Å². The summed E-state index contributed by atoms with van der Waals surface area (Å²) >= 11 is 0.396. The predicted octanol–water partition coefficient (Wildman–Crippen LogP) is 0.730. The van der Waals surface area contributed by atoms with Gasteiger partial charge in [-0.25, -0.2) is 0 Å². The Balaban J connectivity index is 2.52. The summed E-state index contributed by atoms with van der Waals surface area (Å²) in [6.45, 7) is -0.664. The molecule has 1 heterocycles. The van der Waals surface area contributed by atoms with Crippen LogP contribution in [-0.2, 0) is 9.59 Å². The van der Waals surface area contributed by atoms with Crippen molar-refractivity contribution in [3.05, 3.63) is 42.8 Å². The van der Waals surface area contributed by atoms with Crippen LogP contribution in [0.4, 0.5) is 16.2 Å². The average molecular weight is 368 g/mol. The Morgan fingerprint density at radius 3 is 2.44 bits per heavy atom. The number of thioether (sulfide) groups is 1. The summed E-state index contributed by atoms with van der Waals surface area (Å²) in [5.74, 6) is -2.75. The molecular weight excluding hydrogens is 360 g/mol. The molecular formula is C12H8N4O8S. The maximum absolute atomic E-state index is 12.1. The maximum Gasteiger partial charge on any atom is 0.318 e. The van der Waals surface area contributed by atoms with Gasteiger partial charge in [0, 0.05) is 11.6 Å². The highest BCUT2D eigenvalue weighted by molar-refractivity contribution is 8.18. The van der Waals surface area contributed by atoms with Gasteiger partial charge >= 0.3 is 5.69 Å². The van der Waals surface area contributed by atoms with Gasteiger partial charge in [-0.3, -0.25) is 39.5 Å². The van der Waals surface area contributed by atoms with Crippen LogP contribution >= 0.6 is 11.8 Å². The highest BCUT2D eigenvalue weighted by atomic mass is 32.2. The van der Waals surface area contributed by atoms with Crippen molar-refractivity contribution in [3.63, 3.8) is 0 Å². The van der Waals surface area contributed by atoms with E-state index in [1.807, 2.05) is 0 Å². The molecule has 13 heteroatoms. The lowest BCUT2D eigenvalue weighted by molar-refractivity contribution is -0.394. The number of aromatic hydroxyl groups is 1. The van der Waals surface area contributed by atoms with Gasteiger partial charge < -0.3 is 10.8 Å². The number of carbonyl (C=O) groups is 3. The lowest BCUT2D eigenvalue weighted by atomic mass is 10.1. The number of nitrogens with two attached hydrogens (primary N) is 1. The summed E-state index contributed by atoms with van der Waals surface area (Å²) in [5, 5.41) is 30.8. The van der Waals surface area contributed by atoms with E-state index in [-0.39, 0.29) is 4.91 Å². The first kappa shape index (κ1) is 17.9. The third kappa shape index (κ3) is 3.55. The molecule has 130 valence electrons. The van der Waals surface area contributed by atoms with Crippen molar-refractivity contribution in [2.75, 3.05) is 6.54 Å². The molecule has 1 aliphatic heterocycles. The number of phenolic OH excluding ortho intramolecular Hbond substituents is 1. The van der Waals surface area contributed by atoms with E-state index in [1.165, 1.54) is 0 Å². The van der Waals surface area contributed by atoms with E-state index in [0.29, 0.717) is 22.7 Å². The largest absolute Gasteiger partial charge is 0.502 e. The molecule has 1 aromatic carbocycles. The van der Waals surface area contributed by atoms with Crippen LogP contribution in [0.15, 0.2) is 17.0 Å². The smallest absolute Gasteiger partial charge is 0.318 e. The summed E-state index contributed by atoms with van der Waals surface area (Å²) in [6, 6.07) is 1.37. The van der Waals surface area contributed by atoms with E-state index < -0.39 is 56.1 Å². The number of nitrogens with zero attached hydrogens (tertiary/aromatic N) is 3. The number of phenols is 1. The molecule has 0 atom stereocenters. The monoisotopic (exact) mass is 368 g/mol. The number of carbonyl (C=O) groups excluding carboxylic acids is 3. The summed E-state index contributed by atoms with van der Waals surface area (Å²) in [5.41, 5.74) is 2.90. The van der Waals surface area contributed by atoms with Gasteiger partial charge in [-0.2, -0.15) is 0 Å². The first-order chi connectivity index (χ1) is 11.6. The number of benzene rings is 1. The van der Waals surface area contributed by atoms with Crippen molar-refractivity contribution >= 4 is 46.3 Å². The predicted molar refractivity (Wildman–Crippen MR) is 83.3 cm³/mol. The van der Waals surface area contributed by atoms with Crippen molar-refractivity contribution in [2.24, 2.45) is 5.73 Å². The molecule has 1 fully saturated rings. The zero-order valence-electron chi connectivity index (χ0n) is 12.1. The van der Waals surface area contributed by atoms with Crippen LogP contribution in [0.5, 0.6) is 5.75 Å². The van der Waals surface area contributed by atoms with Crippen LogP contribution in [-0.4, -0.2) is 43.5 Å². The normalized spacial score (nSPS) is 15.7. The van der Waals surface area contributed by atoms with Crippen LogP contribution in [0.25, 0.3) is 6.08 Å². The zero-order valence-corrected chi connectivity index (χ0v) is 12.9. The van der Waals surface area contributed by atoms with Gasteiger partial charge in [0.1, 0.15) is 6.54 Å². The molecule has 0 spiro atoms. The lowest BCUT2D eigenvalue weighted by Crippen LogP contribution is -2.36. The number of rotatable bonds is 5. The minimum atomic E-state index is -1.03. The van der Waals surface area contributed by atoms with Crippen molar-refractivity contribution in [3.8, 4) is 5.75 Å². The Morgan fingerprint density at radius 1 is 1.28 bits per heavy atom. The minimum absolute atomic E-state index is 0.281. The van der Waals surface area contributed by atoms with Crippen molar-refractivity contribution in [1.82, 2.24) is 4.90 Å². The van der Waals surface area contributed by atoms with E-state index in [9.17, 15) is 39.7 Å². The second-order valence-corrected chi connectivity index (χ2v) is 5.64.